The van der Waals surface area contributed by atoms with Gasteiger partial charge in [-0.15, -0.1) is 0 Å². The number of halogens is 2. The Labute approximate surface area is 129 Å². The molecule has 0 unspecified atom stereocenters. The molecule has 2 nitrogen and oxygen atoms in total. The standard InChI is InChI=1S/C17H19ClFNO/c1-5-11-6-17(18)20-9-14(11)13-7-12(10(2)3)15(19)8-16(13)21-4/h6-10H,5H2,1-4H3. The van der Waals surface area contributed by atoms with Gasteiger partial charge in [-0.1, -0.05) is 32.4 Å². The second-order valence-corrected chi connectivity index (χ2v) is 5.63. The van der Waals surface area contributed by atoms with Crippen LogP contribution in [0.3, 0.4) is 0 Å². The normalized spacial score (nSPS) is 11.0. The molecular formula is C17H19ClFNO. The molecule has 0 atom stereocenters. The lowest BCUT2D eigenvalue weighted by Crippen LogP contribution is -1.99. The summed E-state index contributed by atoms with van der Waals surface area (Å²) < 4.78 is 19.5. The van der Waals surface area contributed by atoms with Gasteiger partial charge < -0.3 is 4.74 Å². The molecule has 0 saturated carbocycles. The number of aryl methyl sites for hydroxylation is 1. The van der Waals surface area contributed by atoms with Crippen molar-refractivity contribution in [2.24, 2.45) is 0 Å². The second kappa shape index (κ2) is 6.44. The highest BCUT2D eigenvalue weighted by atomic mass is 35.5. The summed E-state index contributed by atoms with van der Waals surface area (Å²) in [6.07, 6.45) is 2.54. The molecule has 0 fully saturated rings. The van der Waals surface area contributed by atoms with Crippen LogP contribution in [0.4, 0.5) is 4.39 Å². The summed E-state index contributed by atoms with van der Waals surface area (Å²) in [5.74, 6) is 0.362. The summed E-state index contributed by atoms with van der Waals surface area (Å²) in [5, 5.41) is 0.459. The third-order valence-electron chi connectivity index (χ3n) is 3.57. The lowest BCUT2D eigenvalue weighted by atomic mass is 9.94. The van der Waals surface area contributed by atoms with Crippen molar-refractivity contribution >= 4 is 11.6 Å². The summed E-state index contributed by atoms with van der Waals surface area (Å²) in [6.45, 7) is 5.99. The fraction of sp³-hybridized carbons (Fsp3) is 0.353. The summed E-state index contributed by atoms with van der Waals surface area (Å²) in [4.78, 5) is 4.15. The van der Waals surface area contributed by atoms with Crippen LogP contribution in [0.25, 0.3) is 11.1 Å². The van der Waals surface area contributed by atoms with Crippen molar-refractivity contribution < 1.29 is 9.13 Å². The molecule has 0 aliphatic rings. The van der Waals surface area contributed by atoms with Gasteiger partial charge in [-0.25, -0.2) is 9.37 Å². The van der Waals surface area contributed by atoms with Crippen LogP contribution in [0.1, 0.15) is 37.8 Å². The molecule has 0 aliphatic carbocycles. The molecule has 2 aromatic rings. The van der Waals surface area contributed by atoms with Gasteiger partial charge in [-0.2, -0.15) is 0 Å². The molecule has 1 heterocycles. The van der Waals surface area contributed by atoms with Crippen LogP contribution in [0.5, 0.6) is 5.75 Å². The minimum absolute atomic E-state index is 0.0972. The van der Waals surface area contributed by atoms with Gasteiger partial charge in [0.05, 0.1) is 7.11 Å². The fourth-order valence-electron chi connectivity index (χ4n) is 2.40. The molecule has 0 aliphatic heterocycles. The average molecular weight is 308 g/mol. The fourth-order valence-corrected chi connectivity index (χ4v) is 2.58. The zero-order valence-electron chi connectivity index (χ0n) is 12.7. The largest absolute Gasteiger partial charge is 0.496 e. The highest BCUT2D eigenvalue weighted by Gasteiger charge is 2.16. The third-order valence-corrected chi connectivity index (χ3v) is 3.77. The summed E-state index contributed by atoms with van der Waals surface area (Å²) in [6, 6.07) is 5.14. The summed E-state index contributed by atoms with van der Waals surface area (Å²) in [5.41, 5.74) is 3.52. The van der Waals surface area contributed by atoms with Gasteiger partial charge in [0.2, 0.25) is 0 Å². The van der Waals surface area contributed by atoms with Crippen LogP contribution in [-0.4, -0.2) is 12.1 Å². The Kier molecular flexibility index (Phi) is 4.84. The van der Waals surface area contributed by atoms with Gasteiger partial charge in [0.15, 0.2) is 0 Å². The minimum atomic E-state index is -0.245. The van der Waals surface area contributed by atoms with E-state index >= 15 is 0 Å². The number of hydrogen-bond acceptors (Lipinski definition) is 2. The Hall–Kier alpha value is -1.61. The predicted molar refractivity (Wildman–Crippen MR) is 84.7 cm³/mol. The average Bonchev–Trinajstić information content (AvgIpc) is 2.46. The molecule has 1 aromatic carbocycles. The highest BCUT2D eigenvalue weighted by Crippen LogP contribution is 2.36. The van der Waals surface area contributed by atoms with E-state index in [4.69, 9.17) is 16.3 Å². The maximum absolute atomic E-state index is 14.1. The van der Waals surface area contributed by atoms with Crippen molar-refractivity contribution in [1.29, 1.82) is 0 Å². The van der Waals surface area contributed by atoms with E-state index in [1.807, 2.05) is 26.0 Å². The first-order chi connectivity index (χ1) is 9.97. The number of pyridine rings is 1. The van der Waals surface area contributed by atoms with Gasteiger partial charge in [0.25, 0.3) is 0 Å². The van der Waals surface area contributed by atoms with E-state index < -0.39 is 0 Å². The van der Waals surface area contributed by atoms with Crippen LogP contribution in [-0.2, 0) is 6.42 Å². The number of ether oxygens (including phenoxy) is 1. The van der Waals surface area contributed by atoms with Gasteiger partial charge in [0, 0.05) is 23.4 Å². The Morgan fingerprint density at radius 3 is 2.52 bits per heavy atom. The molecule has 112 valence electrons. The SMILES string of the molecule is CCc1cc(Cl)ncc1-c1cc(C(C)C)c(F)cc1OC. The summed E-state index contributed by atoms with van der Waals surface area (Å²) >= 11 is 5.96. The monoisotopic (exact) mass is 307 g/mol. The molecule has 2 rings (SSSR count). The molecule has 21 heavy (non-hydrogen) atoms. The van der Waals surface area contributed by atoms with Gasteiger partial charge in [-0.05, 0) is 35.6 Å². The van der Waals surface area contributed by atoms with E-state index in [1.165, 1.54) is 6.07 Å². The van der Waals surface area contributed by atoms with E-state index in [-0.39, 0.29) is 11.7 Å². The maximum atomic E-state index is 14.1. The lowest BCUT2D eigenvalue weighted by molar-refractivity contribution is 0.412. The molecule has 0 amide bonds. The number of benzene rings is 1. The minimum Gasteiger partial charge on any atom is -0.496 e. The summed E-state index contributed by atoms with van der Waals surface area (Å²) in [7, 11) is 1.54. The van der Waals surface area contributed by atoms with E-state index in [0.717, 1.165) is 23.1 Å². The Bertz CT molecular complexity index is 655. The van der Waals surface area contributed by atoms with Crippen LogP contribution < -0.4 is 4.74 Å². The molecule has 0 bridgehead atoms. The van der Waals surface area contributed by atoms with Gasteiger partial charge >= 0.3 is 0 Å². The highest BCUT2D eigenvalue weighted by molar-refractivity contribution is 6.29. The van der Waals surface area contributed by atoms with E-state index in [1.54, 1.807) is 13.3 Å². The first kappa shape index (κ1) is 15.8. The first-order valence-electron chi connectivity index (χ1n) is 7.00. The van der Waals surface area contributed by atoms with Crippen LogP contribution in [0, 0.1) is 5.82 Å². The van der Waals surface area contributed by atoms with E-state index in [0.29, 0.717) is 16.5 Å². The lowest BCUT2D eigenvalue weighted by Gasteiger charge is -2.16. The molecule has 0 radical (unpaired) electrons. The van der Waals surface area contributed by atoms with Crippen molar-refractivity contribution in [3.8, 4) is 16.9 Å². The van der Waals surface area contributed by atoms with E-state index in [9.17, 15) is 4.39 Å². The number of hydrogen-bond donors (Lipinski definition) is 0. The Morgan fingerprint density at radius 1 is 1.24 bits per heavy atom. The predicted octanol–water partition coefficient (Wildman–Crippen LogP) is 5.24. The molecule has 0 saturated heterocycles. The zero-order valence-corrected chi connectivity index (χ0v) is 13.5. The van der Waals surface area contributed by atoms with Crippen molar-refractivity contribution in [3.05, 3.63) is 46.5 Å². The van der Waals surface area contributed by atoms with Crippen LogP contribution in [0.15, 0.2) is 24.4 Å². The molecule has 0 N–H and O–H groups in total. The topological polar surface area (TPSA) is 22.1 Å². The second-order valence-electron chi connectivity index (χ2n) is 5.25. The van der Waals surface area contributed by atoms with Crippen molar-refractivity contribution in [2.45, 2.75) is 33.1 Å². The Balaban J connectivity index is 2.70. The third kappa shape index (κ3) is 3.18. The Morgan fingerprint density at radius 2 is 1.95 bits per heavy atom. The van der Waals surface area contributed by atoms with Crippen LogP contribution >= 0.6 is 11.6 Å². The van der Waals surface area contributed by atoms with Gasteiger partial charge in [-0.3, -0.25) is 0 Å². The molecule has 4 heteroatoms. The zero-order chi connectivity index (χ0) is 15.6. The quantitative estimate of drug-likeness (QED) is 0.721. The van der Waals surface area contributed by atoms with E-state index in [2.05, 4.69) is 11.9 Å². The van der Waals surface area contributed by atoms with Crippen molar-refractivity contribution in [3.63, 3.8) is 0 Å². The molecule has 1 aromatic heterocycles. The first-order valence-corrected chi connectivity index (χ1v) is 7.37. The molecular weight excluding hydrogens is 289 g/mol. The van der Waals surface area contributed by atoms with Gasteiger partial charge in [0.1, 0.15) is 16.7 Å². The number of aromatic nitrogens is 1. The van der Waals surface area contributed by atoms with Crippen LogP contribution in [0.2, 0.25) is 5.15 Å². The van der Waals surface area contributed by atoms with Crippen molar-refractivity contribution in [1.82, 2.24) is 4.98 Å². The smallest absolute Gasteiger partial charge is 0.130 e. The number of rotatable bonds is 4. The molecule has 0 spiro atoms. The number of nitrogens with zero attached hydrogens (tertiary/aromatic N) is 1. The number of methoxy groups -OCH3 is 1. The van der Waals surface area contributed by atoms with Crippen molar-refractivity contribution in [2.75, 3.05) is 7.11 Å². The maximum Gasteiger partial charge on any atom is 0.130 e.